The van der Waals surface area contributed by atoms with Crippen LogP contribution in [-0.2, 0) is 11.2 Å². The first-order valence-electron chi connectivity index (χ1n) is 8.52. The summed E-state index contributed by atoms with van der Waals surface area (Å²) in [5.74, 6) is 2.40. The van der Waals surface area contributed by atoms with Gasteiger partial charge in [0.25, 0.3) is 0 Å². The molecule has 2 N–H and O–H groups in total. The number of imidazole rings is 1. The largest absolute Gasteiger partial charge is 0.381 e. The zero-order valence-corrected chi connectivity index (χ0v) is 14.2. The van der Waals surface area contributed by atoms with Gasteiger partial charge in [0, 0.05) is 25.8 Å². The monoisotopic (exact) mass is 336 g/mol. The number of piperidine rings is 1. The molecule has 126 valence electrons. The molecule has 0 atom stereocenters. The average Bonchev–Trinajstić information content (AvgIpc) is 2.99. The summed E-state index contributed by atoms with van der Waals surface area (Å²) in [4.78, 5) is 12.8. The smallest absolute Gasteiger partial charge is 0.157 e. The minimum absolute atomic E-state index is 0. The van der Waals surface area contributed by atoms with Crippen LogP contribution in [0.15, 0.2) is 12.3 Å². The van der Waals surface area contributed by atoms with E-state index in [9.17, 15) is 0 Å². The molecular weight excluding hydrogens is 312 g/mol. The molecule has 0 bridgehead atoms. The Hall–Kier alpha value is -1.17. The number of ether oxygens (including phenoxy) is 1. The quantitative estimate of drug-likeness (QED) is 0.904. The molecule has 0 aromatic carbocycles. The number of hydrogen-bond acceptors (Lipinski definition) is 4. The molecule has 2 aromatic heterocycles. The molecule has 5 nitrogen and oxygen atoms in total. The van der Waals surface area contributed by atoms with Crippen molar-refractivity contribution in [2.45, 2.75) is 38.0 Å². The van der Waals surface area contributed by atoms with E-state index in [-0.39, 0.29) is 12.4 Å². The SMILES string of the molecule is Cl.c1cc(C2CCNCC2)c2nc(CC3CCOCC3)[nH]c2n1. The van der Waals surface area contributed by atoms with Crippen molar-refractivity contribution in [2.75, 3.05) is 26.3 Å². The first-order chi connectivity index (χ1) is 10.9. The van der Waals surface area contributed by atoms with Gasteiger partial charge in [-0.05, 0) is 62.2 Å². The number of nitrogens with zero attached hydrogens (tertiary/aromatic N) is 2. The molecular formula is C17H25ClN4O. The van der Waals surface area contributed by atoms with Crippen LogP contribution in [0.25, 0.3) is 11.2 Å². The van der Waals surface area contributed by atoms with Gasteiger partial charge < -0.3 is 15.0 Å². The maximum absolute atomic E-state index is 5.45. The van der Waals surface area contributed by atoms with Gasteiger partial charge in [-0.3, -0.25) is 0 Å². The lowest BCUT2D eigenvalue weighted by atomic mass is 9.90. The van der Waals surface area contributed by atoms with Crippen molar-refractivity contribution >= 4 is 23.6 Å². The molecule has 0 saturated carbocycles. The predicted molar refractivity (Wildman–Crippen MR) is 93.2 cm³/mol. The van der Waals surface area contributed by atoms with Crippen LogP contribution < -0.4 is 5.32 Å². The molecule has 0 radical (unpaired) electrons. The Kier molecular flexibility index (Phi) is 5.51. The van der Waals surface area contributed by atoms with E-state index >= 15 is 0 Å². The van der Waals surface area contributed by atoms with Crippen molar-refractivity contribution in [3.63, 3.8) is 0 Å². The first-order valence-corrected chi connectivity index (χ1v) is 8.52. The van der Waals surface area contributed by atoms with Gasteiger partial charge in [0.15, 0.2) is 5.65 Å². The normalized spacial score (nSPS) is 20.5. The third-order valence-electron chi connectivity index (χ3n) is 5.07. The second-order valence-electron chi connectivity index (χ2n) is 6.57. The third kappa shape index (κ3) is 3.67. The van der Waals surface area contributed by atoms with Gasteiger partial charge in [0.1, 0.15) is 11.3 Å². The lowest BCUT2D eigenvalue weighted by Crippen LogP contribution is -2.26. The minimum atomic E-state index is 0. The highest BCUT2D eigenvalue weighted by atomic mass is 35.5. The lowest BCUT2D eigenvalue weighted by Gasteiger charge is -2.22. The number of pyridine rings is 1. The molecule has 2 aliphatic heterocycles. The van der Waals surface area contributed by atoms with Crippen LogP contribution in [0.5, 0.6) is 0 Å². The van der Waals surface area contributed by atoms with Crippen molar-refractivity contribution < 1.29 is 4.74 Å². The second kappa shape index (κ2) is 7.60. The molecule has 6 heteroatoms. The molecule has 23 heavy (non-hydrogen) atoms. The maximum Gasteiger partial charge on any atom is 0.157 e. The summed E-state index contributed by atoms with van der Waals surface area (Å²) >= 11 is 0. The summed E-state index contributed by atoms with van der Waals surface area (Å²) < 4.78 is 5.45. The fourth-order valence-electron chi connectivity index (χ4n) is 3.76. The molecule has 2 fully saturated rings. The number of aromatic amines is 1. The van der Waals surface area contributed by atoms with Gasteiger partial charge in [0.05, 0.1) is 0 Å². The van der Waals surface area contributed by atoms with Crippen LogP contribution in [0.1, 0.15) is 43.0 Å². The highest BCUT2D eigenvalue weighted by molar-refractivity contribution is 5.85. The van der Waals surface area contributed by atoms with Gasteiger partial charge in [-0.2, -0.15) is 0 Å². The van der Waals surface area contributed by atoms with Crippen molar-refractivity contribution in [3.8, 4) is 0 Å². The number of rotatable bonds is 3. The summed E-state index contributed by atoms with van der Waals surface area (Å²) in [6, 6.07) is 2.16. The number of halogens is 1. The number of aromatic nitrogens is 3. The van der Waals surface area contributed by atoms with Crippen LogP contribution in [0, 0.1) is 5.92 Å². The highest BCUT2D eigenvalue weighted by Gasteiger charge is 2.21. The zero-order chi connectivity index (χ0) is 14.8. The van der Waals surface area contributed by atoms with Crippen molar-refractivity contribution in [3.05, 3.63) is 23.7 Å². The third-order valence-corrected chi connectivity index (χ3v) is 5.07. The standard InChI is InChI=1S/C17H24N4O.ClH/c1-6-18-7-2-13(1)14-3-8-19-17-16(14)20-15(21-17)11-12-4-9-22-10-5-12;/h3,8,12-13,18H,1-2,4-7,9-11H2,(H,19,20,21);1H. The zero-order valence-electron chi connectivity index (χ0n) is 13.4. The minimum Gasteiger partial charge on any atom is -0.381 e. The van der Waals surface area contributed by atoms with Gasteiger partial charge in [-0.1, -0.05) is 0 Å². The van der Waals surface area contributed by atoms with Crippen molar-refractivity contribution in [1.82, 2.24) is 20.3 Å². The Labute approximate surface area is 143 Å². The molecule has 2 aliphatic rings. The van der Waals surface area contributed by atoms with Crippen molar-refractivity contribution in [1.29, 1.82) is 0 Å². The fourth-order valence-corrected chi connectivity index (χ4v) is 3.76. The van der Waals surface area contributed by atoms with Gasteiger partial charge in [-0.15, -0.1) is 12.4 Å². The van der Waals surface area contributed by atoms with Gasteiger partial charge >= 0.3 is 0 Å². The first kappa shape index (κ1) is 16.7. The van der Waals surface area contributed by atoms with Crippen LogP contribution in [0.4, 0.5) is 0 Å². The summed E-state index contributed by atoms with van der Waals surface area (Å²) in [7, 11) is 0. The van der Waals surface area contributed by atoms with E-state index < -0.39 is 0 Å². The number of hydrogen-bond donors (Lipinski definition) is 2. The number of fused-ring (bicyclic) bond motifs is 1. The van der Waals surface area contributed by atoms with Gasteiger partial charge in [-0.25, -0.2) is 9.97 Å². The molecule has 2 saturated heterocycles. The van der Waals surface area contributed by atoms with Gasteiger partial charge in [0.2, 0.25) is 0 Å². The topological polar surface area (TPSA) is 62.8 Å². The van der Waals surface area contributed by atoms with Crippen LogP contribution in [0.3, 0.4) is 0 Å². The molecule has 4 rings (SSSR count). The summed E-state index contributed by atoms with van der Waals surface area (Å²) in [5.41, 5.74) is 3.43. The Bertz CT molecular complexity index is 633. The molecule has 0 spiro atoms. The fraction of sp³-hybridized carbons (Fsp3) is 0.647. The van der Waals surface area contributed by atoms with Crippen molar-refractivity contribution in [2.24, 2.45) is 5.92 Å². The summed E-state index contributed by atoms with van der Waals surface area (Å²) in [5, 5.41) is 3.44. The highest BCUT2D eigenvalue weighted by Crippen LogP contribution is 2.30. The van der Waals surface area contributed by atoms with E-state index in [0.29, 0.717) is 11.8 Å². The van der Waals surface area contributed by atoms with E-state index in [0.717, 1.165) is 62.6 Å². The Morgan fingerprint density at radius 1 is 1.13 bits per heavy atom. The van der Waals surface area contributed by atoms with Crippen LogP contribution in [-0.4, -0.2) is 41.3 Å². The average molecular weight is 337 g/mol. The van der Waals surface area contributed by atoms with E-state index in [2.05, 4.69) is 21.4 Å². The Balaban J connectivity index is 0.00000156. The summed E-state index contributed by atoms with van der Waals surface area (Å²) in [6.45, 7) is 3.99. The van der Waals surface area contributed by atoms with Crippen LogP contribution in [0.2, 0.25) is 0 Å². The number of nitrogens with one attached hydrogen (secondary N) is 2. The van der Waals surface area contributed by atoms with E-state index in [1.165, 1.54) is 18.4 Å². The van der Waals surface area contributed by atoms with E-state index in [1.54, 1.807) is 0 Å². The summed E-state index contributed by atoms with van der Waals surface area (Å²) in [6.07, 6.45) is 7.63. The number of H-pyrrole nitrogens is 1. The molecule has 0 amide bonds. The van der Waals surface area contributed by atoms with E-state index in [1.807, 2.05) is 6.20 Å². The molecule has 2 aromatic rings. The van der Waals surface area contributed by atoms with Crippen LogP contribution >= 0.6 is 12.4 Å². The Morgan fingerprint density at radius 2 is 1.91 bits per heavy atom. The van der Waals surface area contributed by atoms with E-state index in [4.69, 9.17) is 9.72 Å². The molecule has 0 aliphatic carbocycles. The second-order valence-corrected chi connectivity index (χ2v) is 6.57. The predicted octanol–water partition coefficient (Wildman–Crippen LogP) is 2.82. The lowest BCUT2D eigenvalue weighted by molar-refractivity contribution is 0.0660. The molecule has 0 unspecified atom stereocenters. The molecule has 4 heterocycles. The Morgan fingerprint density at radius 3 is 2.70 bits per heavy atom. The maximum atomic E-state index is 5.45.